The van der Waals surface area contributed by atoms with Crippen molar-refractivity contribution in [2.45, 2.75) is 39.9 Å². The van der Waals surface area contributed by atoms with Crippen LogP contribution in [0.25, 0.3) is 0 Å². The average Bonchev–Trinajstić information content (AvgIpc) is 2.29. The van der Waals surface area contributed by atoms with Gasteiger partial charge in [-0.2, -0.15) is 0 Å². The third-order valence-corrected chi connectivity index (χ3v) is 3.77. The Morgan fingerprint density at radius 1 is 1.42 bits per heavy atom. The summed E-state index contributed by atoms with van der Waals surface area (Å²) in [4.78, 5) is 4.49. The molecule has 0 fully saturated rings. The van der Waals surface area contributed by atoms with Gasteiger partial charge in [0, 0.05) is 12.6 Å². The van der Waals surface area contributed by atoms with Gasteiger partial charge in [0.2, 0.25) is 0 Å². The predicted octanol–water partition coefficient (Wildman–Crippen LogP) is 2.44. The molecule has 0 saturated carbocycles. The second-order valence-electron chi connectivity index (χ2n) is 4.19. The molecule has 0 unspecified atom stereocenters. The van der Waals surface area contributed by atoms with Gasteiger partial charge in [-0.1, -0.05) is 26.6 Å². The topological polar surface area (TPSA) is 17.8 Å². The van der Waals surface area contributed by atoms with Gasteiger partial charge in [0.05, 0.1) is 5.69 Å². The molecule has 1 aromatic rings. The minimum absolute atomic E-state index is 1.04. The number of rotatable bonds is 2. The van der Waals surface area contributed by atoms with E-state index in [0.717, 1.165) is 12.1 Å². The number of hydrogen-bond donors (Lipinski definition) is 0. The van der Waals surface area contributed by atoms with E-state index in [9.17, 15) is 0 Å². The summed E-state index contributed by atoms with van der Waals surface area (Å²) in [6.07, 6.45) is 3.23. The monoisotopic (exact) mass is 182 g/mol. The Morgan fingerprint density at radius 2 is 2.00 bits per heavy atom. The summed E-state index contributed by atoms with van der Waals surface area (Å²) >= 11 is 0. The van der Waals surface area contributed by atoms with Crippen LogP contribution in [-0.2, 0) is 6.42 Å². The Morgan fingerprint density at radius 3 is 2.33 bits per heavy atom. The first-order chi connectivity index (χ1) is 5.45. The molecule has 68 valence electrons. The highest BCUT2D eigenvalue weighted by molar-refractivity contribution is 6.74. The van der Waals surface area contributed by atoms with Crippen LogP contribution in [0.1, 0.15) is 18.4 Å². The second kappa shape index (κ2) is 3.05. The average molecular weight is 182 g/mol. The van der Waals surface area contributed by atoms with E-state index < -0.39 is 8.24 Å². The maximum Gasteiger partial charge on any atom is 0.154 e. The molecule has 0 aliphatic heterocycles. The smallest absolute Gasteiger partial charge is 0.154 e. The van der Waals surface area contributed by atoms with Gasteiger partial charge in [0.15, 0.2) is 8.24 Å². The highest BCUT2D eigenvalue weighted by atomic mass is 28.3. The van der Waals surface area contributed by atoms with Crippen LogP contribution in [0.5, 0.6) is 0 Å². The number of aromatic nitrogens is 2. The van der Waals surface area contributed by atoms with Crippen molar-refractivity contribution in [1.29, 1.82) is 0 Å². The molecule has 0 aliphatic rings. The Hall–Kier alpha value is -0.573. The standard InChI is InChI=1S/C9H18N2Si/c1-6-9-10-8(2)7-11(9)12(3,4)5/h7H,6H2,1-5H3. The molecule has 0 amide bonds. The van der Waals surface area contributed by atoms with Crippen LogP contribution in [0.4, 0.5) is 0 Å². The molecule has 0 aliphatic carbocycles. The van der Waals surface area contributed by atoms with E-state index in [1.165, 1.54) is 5.82 Å². The SMILES string of the molecule is CCc1nc(C)cn1[Si](C)(C)C. The summed E-state index contributed by atoms with van der Waals surface area (Å²) in [6.45, 7) is 11.3. The quantitative estimate of drug-likeness (QED) is 0.642. The maximum atomic E-state index is 4.49. The highest BCUT2D eigenvalue weighted by Gasteiger charge is 2.19. The lowest BCUT2D eigenvalue weighted by molar-refractivity contribution is 0.921. The second-order valence-corrected chi connectivity index (χ2v) is 9.02. The zero-order valence-corrected chi connectivity index (χ0v) is 9.68. The van der Waals surface area contributed by atoms with Gasteiger partial charge in [-0.3, -0.25) is 0 Å². The van der Waals surface area contributed by atoms with Gasteiger partial charge >= 0.3 is 0 Å². The Bertz CT molecular complexity index is 271. The summed E-state index contributed by atoms with van der Waals surface area (Å²) in [5.74, 6) is 1.24. The van der Waals surface area contributed by atoms with Crippen LogP contribution in [0.2, 0.25) is 19.6 Å². The van der Waals surface area contributed by atoms with Crippen molar-refractivity contribution in [3.05, 3.63) is 17.7 Å². The fraction of sp³-hybridized carbons (Fsp3) is 0.667. The number of aryl methyl sites for hydroxylation is 2. The van der Waals surface area contributed by atoms with Gasteiger partial charge in [-0.25, -0.2) is 4.98 Å². The lowest BCUT2D eigenvalue weighted by Crippen LogP contribution is -2.32. The molecule has 0 spiro atoms. The molecule has 1 heterocycles. The van der Waals surface area contributed by atoms with E-state index >= 15 is 0 Å². The summed E-state index contributed by atoms with van der Waals surface area (Å²) in [7, 11) is -1.22. The van der Waals surface area contributed by atoms with Gasteiger partial charge in [0.25, 0.3) is 0 Å². The number of nitrogens with zero attached hydrogens (tertiary/aromatic N) is 2. The van der Waals surface area contributed by atoms with Gasteiger partial charge < -0.3 is 4.23 Å². The molecule has 0 bridgehead atoms. The van der Waals surface area contributed by atoms with E-state index in [4.69, 9.17) is 0 Å². The van der Waals surface area contributed by atoms with Crippen molar-refractivity contribution in [3.8, 4) is 0 Å². The zero-order valence-electron chi connectivity index (χ0n) is 8.68. The van der Waals surface area contributed by atoms with Gasteiger partial charge in [0.1, 0.15) is 5.82 Å². The van der Waals surface area contributed by atoms with Crippen molar-refractivity contribution in [2.75, 3.05) is 0 Å². The van der Waals surface area contributed by atoms with Crippen LogP contribution < -0.4 is 0 Å². The Labute approximate surface area is 75.7 Å². The highest BCUT2D eigenvalue weighted by Crippen LogP contribution is 2.12. The predicted molar refractivity (Wildman–Crippen MR) is 55.1 cm³/mol. The molecular formula is C9H18N2Si. The molecule has 0 aromatic carbocycles. The first-order valence-electron chi connectivity index (χ1n) is 4.50. The molecule has 1 aromatic heterocycles. The number of hydrogen-bond acceptors (Lipinski definition) is 1. The Kier molecular flexibility index (Phi) is 2.42. The summed E-state index contributed by atoms with van der Waals surface area (Å²) in [6, 6.07) is 0. The van der Waals surface area contributed by atoms with E-state index in [2.05, 4.69) is 48.9 Å². The molecule has 0 saturated heterocycles. The fourth-order valence-electron chi connectivity index (χ4n) is 1.38. The number of imidazole rings is 1. The summed E-state index contributed by atoms with van der Waals surface area (Å²) in [5, 5.41) is 0. The van der Waals surface area contributed by atoms with Crippen LogP contribution in [0, 0.1) is 6.92 Å². The largest absolute Gasteiger partial charge is 0.362 e. The first kappa shape index (κ1) is 9.51. The van der Waals surface area contributed by atoms with Crippen LogP contribution in [0.3, 0.4) is 0 Å². The third kappa shape index (κ3) is 1.77. The minimum atomic E-state index is -1.22. The van der Waals surface area contributed by atoms with E-state index in [-0.39, 0.29) is 0 Å². The molecule has 0 N–H and O–H groups in total. The van der Waals surface area contributed by atoms with Crippen molar-refractivity contribution in [2.24, 2.45) is 0 Å². The van der Waals surface area contributed by atoms with Crippen molar-refractivity contribution in [3.63, 3.8) is 0 Å². The molecule has 12 heavy (non-hydrogen) atoms. The minimum Gasteiger partial charge on any atom is -0.362 e. The van der Waals surface area contributed by atoms with Gasteiger partial charge in [-0.15, -0.1) is 0 Å². The summed E-state index contributed by atoms with van der Waals surface area (Å²) in [5.41, 5.74) is 1.15. The van der Waals surface area contributed by atoms with Crippen LogP contribution >= 0.6 is 0 Å². The maximum absolute atomic E-state index is 4.49. The third-order valence-electron chi connectivity index (χ3n) is 1.94. The molecule has 1 rings (SSSR count). The fourth-order valence-corrected chi connectivity index (χ4v) is 2.93. The molecule has 0 radical (unpaired) electrons. The van der Waals surface area contributed by atoms with Crippen molar-refractivity contribution in [1.82, 2.24) is 9.22 Å². The molecule has 2 nitrogen and oxygen atoms in total. The normalized spacial score (nSPS) is 12.1. The molecular weight excluding hydrogens is 164 g/mol. The zero-order chi connectivity index (χ0) is 9.35. The van der Waals surface area contributed by atoms with E-state index in [0.29, 0.717) is 0 Å². The van der Waals surface area contributed by atoms with E-state index in [1.807, 2.05) is 0 Å². The summed E-state index contributed by atoms with van der Waals surface area (Å²) < 4.78 is 2.39. The molecule has 3 heteroatoms. The lowest BCUT2D eigenvalue weighted by atomic mass is 10.5. The van der Waals surface area contributed by atoms with E-state index in [1.54, 1.807) is 0 Å². The van der Waals surface area contributed by atoms with Crippen LogP contribution in [0.15, 0.2) is 6.20 Å². The van der Waals surface area contributed by atoms with Crippen molar-refractivity contribution < 1.29 is 0 Å². The van der Waals surface area contributed by atoms with Gasteiger partial charge in [-0.05, 0) is 6.92 Å². The Balaban J connectivity index is 3.13. The lowest BCUT2D eigenvalue weighted by Gasteiger charge is -2.20. The van der Waals surface area contributed by atoms with Crippen LogP contribution in [-0.4, -0.2) is 17.5 Å². The molecule has 0 atom stereocenters. The first-order valence-corrected chi connectivity index (χ1v) is 7.95. The van der Waals surface area contributed by atoms with Crippen molar-refractivity contribution >= 4 is 8.24 Å².